The molecule has 3 nitrogen and oxygen atoms in total. The summed E-state index contributed by atoms with van der Waals surface area (Å²) >= 11 is 12.8. The Morgan fingerprint density at radius 3 is 2.18 bits per heavy atom. The molecule has 2 aromatic rings. The minimum absolute atomic E-state index is 0.0188. The second kappa shape index (κ2) is 8.13. The molecule has 7 heteroatoms. The van der Waals surface area contributed by atoms with Gasteiger partial charge in [-0.15, -0.1) is 0 Å². The van der Waals surface area contributed by atoms with Crippen LogP contribution in [-0.4, -0.2) is 27.9 Å². The van der Waals surface area contributed by atoms with Gasteiger partial charge >= 0.3 is 0 Å². The SMILES string of the molecule is Cc1ccc(S(=O)C[C@]2(CF)CC(c3c(C)c(Cl)c(C)c(Cl)c3C)=NO2)cc1. The number of aryl methyl sites for hydroxylation is 1. The molecule has 2 aromatic carbocycles. The van der Waals surface area contributed by atoms with Crippen LogP contribution in [0.2, 0.25) is 10.0 Å². The van der Waals surface area contributed by atoms with Crippen molar-refractivity contribution in [3.8, 4) is 0 Å². The van der Waals surface area contributed by atoms with E-state index < -0.39 is 23.1 Å². The predicted molar refractivity (Wildman–Crippen MR) is 114 cm³/mol. The molecule has 0 radical (unpaired) electrons. The Balaban J connectivity index is 1.88. The van der Waals surface area contributed by atoms with Gasteiger partial charge in [-0.2, -0.15) is 0 Å². The van der Waals surface area contributed by atoms with Crippen LogP contribution in [0.1, 0.15) is 34.2 Å². The average molecular weight is 442 g/mol. The zero-order valence-electron chi connectivity index (χ0n) is 16.2. The molecule has 1 unspecified atom stereocenters. The van der Waals surface area contributed by atoms with Crippen molar-refractivity contribution >= 4 is 39.7 Å². The zero-order valence-corrected chi connectivity index (χ0v) is 18.6. The van der Waals surface area contributed by atoms with E-state index in [0.717, 1.165) is 27.8 Å². The fourth-order valence-corrected chi connectivity index (χ4v) is 5.19. The van der Waals surface area contributed by atoms with Crippen LogP contribution in [0.15, 0.2) is 34.3 Å². The average Bonchev–Trinajstić information content (AvgIpc) is 3.09. The van der Waals surface area contributed by atoms with Crippen molar-refractivity contribution < 1.29 is 13.4 Å². The van der Waals surface area contributed by atoms with Gasteiger partial charge < -0.3 is 4.84 Å². The maximum Gasteiger partial charge on any atom is 0.183 e. The molecule has 0 spiro atoms. The van der Waals surface area contributed by atoms with Gasteiger partial charge in [0.1, 0.15) is 6.67 Å². The normalized spacial score (nSPS) is 20.0. The molecular formula is C21H22Cl2FNO2S. The van der Waals surface area contributed by atoms with Crippen molar-refractivity contribution in [1.82, 2.24) is 0 Å². The first-order chi connectivity index (χ1) is 13.2. The summed E-state index contributed by atoms with van der Waals surface area (Å²) in [6.07, 6.45) is 0.207. The first kappa shape index (κ1) is 21.3. The van der Waals surface area contributed by atoms with Crippen LogP contribution in [0.3, 0.4) is 0 Å². The summed E-state index contributed by atoms with van der Waals surface area (Å²) in [5.41, 5.74) is 3.64. The molecule has 1 aliphatic rings. The maximum atomic E-state index is 14.0. The minimum atomic E-state index is -1.41. The third-order valence-corrected chi connectivity index (χ3v) is 7.84. The van der Waals surface area contributed by atoms with Gasteiger partial charge in [0, 0.05) is 26.9 Å². The van der Waals surface area contributed by atoms with E-state index in [1.54, 1.807) is 12.1 Å². The Hall–Kier alpha value is -1.43. The first-order valence-corrected chi connectivity index (χ1v) is 11.0. The van der Waals surface area contributed by atoms with Crippen molar-refractivity contribution in [2.24, 2.45) is 5.16 Å². The topological polar surface area (TPSA) is 38.7 Å². The zero-order chi connectivity index (χ0) is 20.6. The predicted octanol–water partition coefficient (Wildman–Crippen LogP) is 5.87. The fourth-order valence-electron chi connectivity index (χ4n) is 3.45. The Bertz CT molecular complexity index is 946. The lowest BCUT2D eigenvalue weighted by Crippen LogP contribution is -2.38. The Morgan fingerprint density at radius 1 is 1.07 bits per heavy atom. The third kappa shape index (κ3) is 3.85. The van der Waals surface area contributed by atoms with Gasteiger partial charge in [-0.05, 0) is 56.5 Å². The number of rotatable bonds is 5. The molecule has 0 saturated heterocycles. The maximum absolute atomic E-state index is 14.0. The molecule has 150 valence electrons. The Labute approximate surface area is 177 Å². The van der Waals surface area contributed by atoms with Crippen molar-refractivity contribution in [3.05, 3.63) is 62.1 Å². The number of oxime groups is 1. The van der Waals surface area contributed by atoms with E-state index in [1.165, 1.54) is 0 Å². The van der Waals surface area contributed by atoms with Crippen LogP contribution in [-0.2, 0) is 15.6 Å². The summed E-state index contributed by atoms with van der Waals surface area (Å²) in [6, 6.07) is 7.36. The standard InChI is InChI=1S/C21H22Cl2FNO2S/c1-12-5-7-16(8-6-12)28(26)11-21(10-24)9-17(25-27-21)18-13(2)19(22)15(4)20(23)14(18)3/h5-8H,9-11H2,1-4H3/t21-,28?/m1/s1. The third-order valence-electron chi connectivity index (χ3n) is 5.12. The molecule has 1 aliphatic heterocycles. The molecule has 0 bridgehead atoms. The quantitative estimate of drug-likeness (QED) is 0.581. The highest BCUT2D eigenvalue weighted by molar-refractivity contribution is 7.85. The van der Waals surface area contributed by atoms with Gasteiger partial charge in [0.2, 0.25) is 0 Å². The van der Waals surface area contributed by atoms with Crippen LogP contribution in [0.4, 0.5) is 4.39 Å². The molecule has 28 heavy (non-hydrogen) atoms. The summed E-state index contributed by atoms with van der Waals surface area (Å²) in [6.45, 7) is 6.80. The molecule has 2 atom stereocenters. The molecule has 0 amide bonds. The molecule has 0 fully saturated rings. The number of halogens is 3. The van der Waals surface area contributed by atoms with Gasteiger partial charge in [-0.1, -0.05) is 46.1 Å². The van der Waals surface area contributed by atoms with E-state index >= 15 is 0 Å². The summed E-state index contributed by atoms with van der Waals surface area (Å²) in [4.78, 5) is 6.17. The highest BCUT2D eigenvalue weighted by Gasteiger charge is 2.43. The van der Waals surface area contributed by atoms with Gasteiger partial charge in [-0.25, -0.2) is 4.39 Å². The van der Waals surface area contributed by atoms with Crippen LogP contribution < -0.4 is 0 Å². The second-order valence-corrected chi connectivity index (χ2v) is 9.51. The Morgan fingerprint density at radius 2 is 1.64 bits per heavy atom. The molecule has 0 saturated carbocycles. The van der Waals surface area contributed by atoms with Gasteiger partial charge in [-0.3, -0.25) is 4.21 Å². The number of nitrogens with zero attached hydrogens (tertiary/aromatic N) is 1. The van der Waals surface area contributed by atoms with E-state index in [2.05, 4.69) is 5.16 Å². The number of alkyl halides is 1. The lowest BCUT2D eigenvalue weighted by Gasteiger charge is -2.23. The molecular weight excluding hydrogens is 420 g/mol. The molecule has 3 rings (SSSR count). The monoisotopic (exact) mass is 441 g/mol. The van der Waals surface area contributed by atoms with Gasteiger partial charge in [0.05, 0.1) is 22.3 Å². The molecule has 1 heterocycles. The van der Waals surface area contributed by atoms with E-state index in [0.29, 0.717) is 20.7 Å². The van der Waals surface area contributed by atoms with Crippen LogP contribution in [0.25, 0.3) is 0 Å². The summed E-state index contributed by atoms with van der Waals surface area (Å²) in [7, 11) is -1.41. The number of hydrogen-bond donors (Lipinski definition) is 0. The summed E-state index contributed by atoms with van der Waals surface area (Å²) < 4.78 is 26.8. The highest BCUT2D eigenvalue weighted by Crippen LogP contribution is 2.38. The minimum Gasteiger partial charge on any atom is -0.385 e. The largest absolute Gasteiger partial charge is 0.385 e. The molecule has 0 aromatic heterocycles. The lowest BCUT2D eigenvalue weighted by molar-refractivity contribution is -0.0176. The van der Waals surface area contributed by atoms with E-state index in [9.17, 15) is 8.60 Å². The van der Waals surface area contributed by atoms with Crippen molar-refractivity contribution in [1.29, 1.82) is 0 Å². The van der Waals surface area contributed by atoms with E-state index in [1.807, 2.05) is 39.8 Å². The number of hydrogen-bond acceptors (Lipinski definition) is 3. The lowest BCUT2D eigenvalue weighted by atomic mass is 9.90. The molecule has 0 aliphatic carbocycles. The van der Waals surface area contributed by atoms with Crippen molar-refractivity contribution in [2.45, 2.75) is 44.6 Å². The van der Waals surface area contributed by atoms with E-state index in [-0.39, 0.29) is 12.2 Å². The highest BCUT2D eigenvalue weighted by atomic mass is 35.5. The van der Waals surface area contributed by atoms with Crippen LogP contribution in [0.5, 0.6) is 0 Å². The molecule has 0 N–H and O–H groups in total. The van der Waals surface area contributed by atoms with Gasteiger partial charge in [0.15, 0.2) is 5.60 Å². The number of benzene rings is 2. The smallest absolute Gasteiger partial charge is 0.183 e. The van der Waals surface area contributed by atoms with E-state index in [4.69, 9.17) is 28.0 Å². The Kier molecular flexibility index (Phi) is 6.18. The summed E-state index contributed by atoms with van der Waals surface area (Å²) in [5, 5.41) is 5.28. The second-order valence-electron chi connectivity index (χ2n) is 7.30. The summed E-state index contributed by atoms with van der Waals surface area (Å²) in [5.74, 6) is 0.0188. The first-order valence-electron chi connectivity index (χ1n) is 8.90. The van der Waals surface area contributed by atoms with Crippen LogP contribution >= 0.6 is 23.2 Å². The van der Waals surface area contributed by atoms with Gasteiger partial charge in [0.25, 0.3) is 0 Å². The van der Waals surface area contributed by atoms with Crippen molar-refractivity contribution in [2.75, 3.05) is 12.4 Å². The van der Waals surface area contributed by atoms with Crippen LogP contribution in [0, 0.1) is 27.7 Å². The fraction of sp³-hybridized carbons (Fsp3) is 0.381. The van der Waals surface area contributed by atoms with Crippen molar-refractivity contribution in [3.63, 3.8) is 0 Å².